The van der Waals surface area contributed by atoms with Crippen LogP contribution in [0.15, 0.2) is 182 Å². The molecule has 6 rings (SSSR count). The molecule has 0 heterocycles. The molecule has 0 spiro atoms. The third-order valence-electron chi connectivity index (χ3n) is 10.3. The van der Waals surface area contributed by atoms with E-state index < -0.39 is 78.8 Å². The molecular weight excluding hydrogens is 860 g/mol. The number of benzene rings is 6. The molecule has 0 radical (unpaired) electrons. The molecule has 0 saturated carbocycles. The molecule has 14 heteroatoms. The maximum absolute atomic E-state index is 17.2. The molecule has 0 atom stereocenters. The van der Waals surface area contributed by atoms with Crippen LogP contribution in [0.2, 0.25) is 0 Å². The van der Waals surface area contributed by atoms with E-state index in [0.29, 0.717) is 0 Å². The van der Waals surface area contributed by atoms with Crippen molar-refractivity contribution in [3.63, 3.8) is 0 Å². The van der Waals surface area contributed by atoms with E-state index in [-0.39, 0.29) is 31.8 Å². The normalized spacial score (nSPS) is 12.2. The molecule has 324 valence electrons. The fourth-order valence-corrected chi connectivity index (χ4v) is 16.1. The molecule has 0 amide bonds. The first-order valence-corrected chi connectivity index (χ1v) is 23.2. The first kappa shape index (κ1) is 46.3. The van der Waals surface area contributed by atoms with E-state index in [1.807, 2.05) is 0 Å². The van der Waals surface area contributed by atoms with Crippen molar-refractivity contribution in [1.29, 1.82) is 0 Å². The number of esters is 2. The van der Waals surface area contributed by atoms with Crippen molar-refractivity contribution in [3.8, 4) is 0 Å². The summed E-state index contributed by atoms with van der Waals surface area (Å²) >= 11 is 0. The maximum Gasteiger partial charge on any atom is 0.387 e. The van der Waals surface area contributed by atoms with Gasteiger partial charge in [0, 0.05) is 0 Å². The van der Waals surface area contributed by atoms with Gasteiger partial charge in [-0.3, -0.25) is 9.59 Å². The third kappa shape index (κ3) is 8.03. The quantitative estimate of drug-likeness (QED) is 0.0434. The molecule has 6 nitrogen and oxygen atoms in total. The summed E-state index contributed by atoms with van der Waals surface area (Å²) in [6.45, 7) is -7.24. The number of carbonyl (C=O) groups is 4. The van der Waals surface area contributed by atoms with E-state index in [1.165, 1.54) is 159 Å². The van der Waals surface area contributed by atoms with Gasteiger partial charge < -0.3 is 9.47 Å². The highest BCUT2D eigenvalue weighted by Gasteiger charge is 2.79. The number of hydrogen-bond donors (Lipinski definition) is 0. The number of Topliss-reactive ketones (excluding diaryl/α,β-unsaturated/α-hetero) is 2. The molecule has 0 fully saturated rings. The molecule has 6 aromatic carbocycles. The van der Waals surface area contributed by atoms with Gasteiger partial charge in [0.05, 0.1) is 13.2 Å². The molecule has 0 aliphatic heterocycles. The van der Waals surface area contributed by atoms with E-state index in [9.17, 15) is 19.2 Å². The Kier molecular flexibility index (Phi) is 14.0. The van der Waals surface area contributed by atoms with Crippen LogP contribution in [0.3, 0.4) is 0 Å². The van der Waals surface area contributed by atoms with Crippen LogP contribution in [0.4, 0.5) is 26.3 Å². The molecule has 0 aliphatic rings. The largest absolute Gasteiger partial charge is 0.462 e. The molecule has 63 heavy (non-hydrogen) atoms. The van der Waals surface area contributed by atoms with Gasteiger partial charge in [-0.15, -0.1) is 0 Å². The summed E-state index contributed by atoms with van der Waals surface area (Å²) < 4.78 is 113. The van der Waals surface area contributed by atoms with Gasteiger partial charge in [0.2, 0.25) is 11.6 Å². The van der Waals surface area contributed by atoms with Gasteiger partial charge in [0.15, 0.2) is 0 Å². The first-order valence-electron chi connectivity index (χ1n) is 19.6. The maximum atomic E-state index is 17.2. The zero-order valence-corrected chi connectivity index (χ0v) is 35.6. The average molecular weight is 901 g/mol. The van der Waals surface area contributed by atoms with Crippen LogP contribution in [0.25, 0.3) is 0 Å². The lowest BCUT2D eigenvalue weighted by Crippen LogP contribution is -2.65. The summed E-state index contributed by atoms with van der Waals surface area (Å²) in [5, 5.41) is -2.80. The van der Waals surface area contributed by atoms with Gasteiger partial charge in [0.1, 0.15) is 10.6 Å². The predicted octanol–water partition coefficient (Wildman–Crippen LogP) is 7.49. The molecule has 0 N–H and O–H groups in total. The molecule has 0 aliphatic carbocycles. The van der Waals surface area contributed by atoms with Crippen LogP contribution in [-0.2, 0) is 28.7 Å². The van der Waals surface area contributed by atoms with Crippen LogP contribution < -0.4 is 31.8 Å². The second kappa shape index (κ2) is 19.0. The fourth-order valence-electron chi connectivity index (χ4n) is 7.52. The first-order chi connectivity index (χ1) is 30.2. The number of alkyl halides is 6. The van der Waals surface area contributed by atoms with Crippen LogP contribution >= 0.6 is 13.8 Å². The Bertz CT molecular complexity index is 2300. The number of carbonyl (C=O) groups excluding carboxylic acids is 4. The lowest BCUT2D eigenvalue weighted by atomic mass is 9.95. The number of halogens is 6. The molecule has 0 bridgehead atoms. The SMILES string of the molecule is CCOC(=O)C(C(=O)C(F)(F)C(F)(F)C(F)(F)C(=O)C(C(=O)OCC)=P(c1ccccc1)(c1ccccc1)c1ccccc1)=P(c1ccccc1)(c1ccccc1)c1ccccc1. The minimum atomic E-state index is -6.91. The van der Waals surface area contributed by atoms with Crippen molar-refractivity contribution < 1.29 is 55.0 Å². The van der Waals surface area contributed by atoms with E-state index in [4.69, 9.17) is 9.47 Å². The van der Waals surface area contributed by atoms with Crippen LogP contribution in [-0.4, -0.2) is 65.1 Å². The van der Waals surface area contributed by atoms with Crippen molar-refractivity contribution >= 4 is 79.7 Å². The smallest absolute Gasteiger partial charge is 0.387 e. The third-order valence-corrected chi connectivity index (χ3v) is 18.8. The van der Waals surface area contributed by atoms with E-state index in [1.54, 1.807) is 36.4 Å². The Morgan fingerprint density at radius 1 is 0.381 bits per heavy atom. The monoisotopic (exact) mass is 900 g/mol. The topological polar surface area (TPSA) is 86.7 Å². The predicted molar refractivity (Wildman–Crippen MR) is 238 cm³/mol. The van der Waals surface area contributed by atoms with Gasteiger partial charge in [-0.05, 0) is 59.4 Å². The summed E-state index contributed by atoms with van der Waals surface area (Å²) in [5.74, 6) is -29.5. The van der Waals surface area contributed by atoms with Crippen LogP contribution in [0.5, 0.6) is 0 Å². The minimum Gasteiger partial charge on any atom is -0.462 e. The van der Waals surface area contributed by atoms with Gasteiger partial charge in [-0.1, -0.05) is 182 Å². The average Bonchev–Trinajstić information content (AvgIpc) is 3.31. The van der Waals surface area contributed by atoms with Crippen molar-refractivity contribution in [2.75, 3.05) is 13.2 Å². The summed E-state index contributed by atoms with van der Waals surface area (Å²) in [6, 6.07) is 43.7. The van der Waals surface area contributed by atoms with Gasteiger partial charge in [-0.2, -0.15) is 26.3 Å². The van der Waals surface area contributed by atoms with E-state index in [2.05, 4.69) is 0 Å². The Hall–Kier alpha value is -6.22. The van der Waals surface area contributed by atoms with Gasteiger partial charge >= 0.3 is 29.7 Å². The lowest BCUT2D eigenvalue weighted by Gasteiger charge is -2.36. The lowest BCUT2D eigenvalue weighted by molar-refractivity contribution is -0.281. The zero-order chi connectivity index (χ0) is 45.5. The second-order valence-corrected chi connectivity index (χ2v) is 20.6. The molecule has 6 aromatic rings. The van der Waals surface area contributed by atoms with Crippen molar-refractivity contribution in [1.82, 2.24) is 0 Å². The number of hydrogen-bond acceptors (Lipinski definition) is 6. The number of rotatable bonds is 16. The highest BCUT2D eigenvalue weighted by Crippen LogP contribution is 2.54. The van der Waals surface area contributed by atoms with Crippen LogP contribution in [0.1, 0.15) is 13.8 Å². The Labute approximate surface area is 360 Å². The Morgan fingerprint density at radius 3 is 0.746 bits per heavy atom. The Balaban J connectivity index is 1.73. The van der Waals surface area contributed by atoms with Gasteiger partial charge in [0.25, 0.3) is 0 Å². The van der Waals surface area contributed by atoms with E-state index >= 15 is 26.3 Å². The number of ketones is 2. The molecule has 0 aromatic heterocycles. The van der Waals surface area contributed by atoms with E-state index in [0.717, 1.165) is 0 Å². The van der Waals surface area contributed by atoms with Crippen LogP contribution in [0, 0.1) is 0 Å². The summed E-state index contributed by atoms with van der Waals surface area (Å²) in [7, 11) is 0. The summed E-state index contributed by atoms with van der Waals surface area (Å²) in [4.78, 5) is 58.0. The fraction of sp³-hybridized carbons (Fsp3) is 0.143. The summed E-state index contributed by atoms with van der Waals surface area (Å²) in [6.07, 6.45) is 0. The highest BCUT2D eigenvalue weighted by atomic mass is 31.2. The molecule has 0 saturated heterocycles. The molecular formula is C49H40F6O6P2. The van der Waals surface area contributed by atoms with Crippen molar-refractivity contribution in [2.45, 2.75) is 31.6 Å². The van der Waals surface area contributed by atoms with Crippen molar-refractivity contribution in [3.05, 3.63) is 182 Å². The highest BCUT2D eigenvalue weighted by molar-refractivity contribution is 7.98. The second-order valence-electron chi connectivity index (χ2n) is 13.9. The number of ether oxygens (including phenoxy) is 2. The van der Waals surface area contributed by atoms with Gasteiger partial charge in [-0.25, -0.2) is 9.59 Å². The minimum absolute atomic E-state index is 0.0434. The molecule has 0 unspecified atom stereocenters. The Morgan fingerprint density at radius 2 is 0.571 bits per heavy atom. The summed E-state index contributed by atoms with van der Waals surface area (Å²) in [5.41, 5.74) is 0. The zero-order valence-electron chi connectivity index (χ0n) is 33.8. The van der Waals surface area contributed by atoms with Crippen molar-refractivity contribution in [2.24, 2.45) is 0 Å². The standard InChI is InChI=1S/C49H40F6O6P2/c1-3-60-45(58)41(62(35-23-11-5-12-24-35,36-25-13-6-14-26-36)37-27-15-7-16-28-37)43(56)47(50,51)49(54,55)48(52,53)44(57)42(46(59)61-4-2)63(38-29-17-8-18-30-38,39-31-19-9-20-32-39)40-33-21-10-22-34-40/h5-34H,3-4H2,1-2H3.